The summed E-state index contributed by atoms with van der Waals surface area (Å²) in [6.45, 7) is 11.2. The van der Waals surface area contributed by atoms with Crippen molar-refractivity contribution in [2.45, 2.75) is 60.4 Å². The minimum absolute atomic E-state index is 0.163. The molecule has 1 aliphatic carbocycles. The van der Waals surface area contributed by atoms with Gasteiger partial charge in [-0.05, 0) is 74.3 Å². The van der Waals surface area contributed by atoms with Gasteiger partial charge in [-0.1, -0.05) is 67.5 Å². The number of halogens is 1. The van der Waals surface area contributed by atoms with Crippen LogP contribution in [0.25, 0.3) is 0 Å². The van der Waals surface area contributed by atoms with E-state index < -0.39 is 0 Å². The minimum Gasteiger partial charge on any atom is -0.348 e. The van der Waals surface area contributed by atoms with Gasteiger partial charge < -0.3 is 5.32 Å². The monoisotopic (exact) mass is 407 g/mol. The molecule has 1 aromatic carbocycles. The maximum Gasteiger partial charge on any atom is 0.244 e. The Kier molecular flexibility index (Phi) is 8.58. The van der Waals surface area contributed by atoms with E-state index in [2.05, 4.69) is 51.2 Å². The van der Waals surface area contributed by atoms with Crippen molar-refractivity contribution >= 4 is 5.91 Å². The summed E-state index contributed by atoms with van der Waals surface area (Å²) < 4.78 is 12.9. The van der Waals surface area contributed by atoms with Crippen LogP contribution in [-0.4, -0.2) is 5.91 Å². The van der Waals surface area contributed by atoms with Crippen molar-refractivity contribution in [3.63, 3.8) is 0 Å². The zero-order valence-corrected chi connectivity index (χ0v) is 18.9. The van der Waals surface area contributed by atoms with E-state index in [0.717, 1.165) is 11.1 Å². The molecular formula is C27H34FNO. The zero-order valence-electron chi connectivity index (χ0n) is 18.9. The van der Waals surface area contributed by atoms with E-state index in [1.54, 1.807) is 18.2 Å². The summed E-state index contributed by atoms with van der Waals surface area (Å²) in [6.07, 6.45) is 15.6. The van der Waals surface area contributed by atoms with Gasteiger partial charge in [0.25, 0.3) is 0 Å². The molecule has 1 amide bonds. The molecular weight excluding hydrogens is 373 g/mol. The second-order valence-electron chi connectivity index (χ2n) is 8.77. The molecule has 0 saturated carbocycles. The lowest BCUT2D eigenvalue weighted by Gasteiger charge is -2.32. The predicted octanol–water partition coefficient (Wildman–Crippen LogP) is 6.97. The highest BCUT2D eigenvalue weighted by Crippen LogP contribution is 2.40. The Hall–Kier alpha value is -2.68. The molecule has 0 radical (unpaired) electrons. The molecule has 0 saturated heterocycles. The zero-order chi connectivity index (χ0) is 22.1. The van der Waals surface area contributed by atoms with Gasteiger partial charge in [-0.15, -0.1) is 0 Å². The highest BCUT2D eigenvalue weighted by atomic mass is 19.1. The van der Waals surface area contributed by atoms with Crippen LogP contribution in [0.4, 0.5) is 4.39 Å². The van der Waals surface area contributed by atoms with Crippen LogP contribution in [-0.2, 0) is 11.3 Å². The largest absolute Gasteiger partial charge is 0.348 e. The Bertz CT molecular complexity index is 895. The fourth-order valence-electron chi connectivity index (χ4n) is 3.73. The van der Waals surface area contributed by atoms with Crippen molar-refractivity contribution in [3.05, 3.63) is 94.4 Å². The van der Waals surface area contributed by atoms with E-state index in [4.69, 9.17) is 0 Å². The standard InChI is InChI=1S/C27H34FNO/c1-20(11-16-25-22(3)10-7-17-27(25,4)5)8-6-9-21(2)18-26(30)29-19-23-12-14-24(28)15-13-23/h6,8-9,11-16,18H,7,10,17,19H2,1-5H3,(H,29,30)/b9-6+,16-11+,20-8+,21-18+. The molecule has 0 fully saturated rings. The Balaban J connectivity index is 1.89. The summed E-state index contributed by atoms with van der Waals surface area (Å²) in [5.41, 5.74) is 6.10. The number of hydrogen-bond donors (Lipinski definition) is 1. The number of hydrogen-bond acceptors (Lipinski definition) is 1. The number of benzene rings is 1. The van der Waals surface area contributed by atoms with Crippen molar-refractivity contribution in [3.8, 4) is 0 Å². The molecule has 0 atom stereocenters. The van der Waals surface area contributed by atoms with Crippen molar-refractivity contribution in [2.75, 3.05) is 0 Å². The molecule has 0 aromatic heterocycles. The lowest BCUT2D eigenvalue weighted by Crippen LogP contribution is -2.20. The SMILES string of the molecule is CC1=C(/C=C/C(C)=C/C=C/C(C)=C/C(=O)NCc2ccc(F)cc2)C(C)(C)CCC1. The van der Waals surface area contributed by atoms with Gasteiger partial charge in [0.15, 0.2) is 0 Å². The van der Waals surface area contributed by atoms with Gasteiger partial charge in [0.05, 0.1) is 0 Å². The summed E-state index contributed by atoms with van der Waals surface area (Å²) >= 11 is 0. The second-order valence-corrected chi connectivity index (χ2v) is 8.77. The van der Waals surface area contributed by atoms with Gasteiger partial charge >= 0.3 is 0 Å². The second kappa shape index (κ2) is 10.9. The molecule has 1 N–H and O–H groups in total. The summed E-state index contributed by atoms with van der Waals surface area (Å²) in [5, 5.41) is 2.81. The van der Waals surface area contributed by atoms with Crippen LogP contribution in [0.1, 0.15) is 59.4 Å². The highest BCUT2D eigenvalue weighted by Gasteiger charge is 2.26. The molecule has 0 spiro atoms. The molecule has 1 aliphatic rings. The molecule has 0 unspecified atom stereocenters. The maximum absolute atomic E-state index is 12.9. The van der Waals surface area contributed by atoms with Crippen LogP contribution >= 0.6 is 0 Å². The molecule has 3 heteroatoms. The molecule has 0 aliphatic heterocycles. The number of carbonyl (C=O) groups is 1. The van der Waals surface area contributed by atoms with Gasteiger partial charge in [0.2, 0.25) is 5.91 Å². The third-order valence-electron chi connectivity index (χ3n) is 5.51. The third kappa shape index (κ3) is 7.62. The predicted molar refractivity (Wildman–Crippen MR) is 124 cm³/mol. The minimum atomic E-state index is -0.279. The van der Waals surface area contributed by atoms with E-state index >= 15 is 0 Å². The van der Waals surface area contributed by atoms with Crippen LogP contribution in [0.2, 0.25) is 0 Å². The molecule has 2 rings (SSSR count). The van der Waals surface area contributed by atoms with Crippen LogP contribution < -0.4 is 5.32 Å². The number of amides is 1. The van der Waals surface area contributed by atoms with Crippen LogP contribution in [0.15, 0.2) is 83.0 Å². The van der Waals surface area contributed by atoms with Crippen molar-refractivity contribution in [1.82, 2.24) is 5.32 Å². The third-order valence-corrected chi connectivity index (χ3v) is 5.51. The molecule has 0 heterocycles. The first-order valence-electron chi connectivity index (χ1n) is 10.6. The quantitative estimate of drug-likeness (QED) is 0.384. The van der Waals surface area contributed by atoms with E-state index in [1.807, 2.05) is 19.1 Å². The number of carbonyl (C=O) groups excluding carboxylic acids is 1. The fourth-order valence-corrected chi connectivity index (χ4v) is 3.73. The van der Waals surface area contributed by atoms with Crippen molar-refractivity contribution < 1.29 is 9.18 Å². The molecule has 160 valence electrons. The number of rotatable bonds is 7. The van der Waals surface area contributed by atoms with Gasteiger partial charge in [-0.25, -0.2) is 4.39 Å². The van der Waals surface area contributed by atoms with E-state index in [9.17, 15) is 9.18 Å². The highest BCUT2D eigenvalue weighted by molar-refractivity contribution is 5.88. The Morgan fingerprint density at radius 3 is 2.50 bits per heavy atom. The molecule has 1 aromatic rings. The summed E-state index contributed by atoms with van der Waals surface area (Å²) in [7, 11) is 0. The van der Waals surface area contributed by atoms with Gasteiger partial charge in [-0.2, -0.15) is 0 Å². The topological polar surface area (TPSA) is 29.1 Å². The van der Waals surface area contributed by atoms with E-state index in [-0.39, 0.29) is 17.1 Å². The summed E-state index contributed by atoms with van der Waals surface area (Å²) in [5.74, 6) is -0.442. The van der Waals surface area contributed by atoms with Crippen LogP contribution in [0, 0.1) is 11.2 Å². The number of allylic oxidation sites excluding steroid dienone is 9. The summed E-state index contributed by atoms with van der Waals surface area (Å²) in [4.78, 5) is 12.0. The van der Waals surface area contributed by atoms with Crippen LogP contribution in [0.3, 0.4) is 0 Å². The lowest BCUT2D eigenvalue weighted by molar-refractivity contribution is -0.116. The van der Waals surface area contributed by atoms with E-state index in [0.29, 0.717) is 6.54 Å². The fraction of sp³-hybridized carbons (Fsp3) is 0.370. The first kappa shape index (κ1) is 23.6. The van der Waals surface area contributed by atoms with Crippen molar-refractivity contribution in [2.24, 2.45) is 5.41 Å². The lowest BCUT2D eigenvalue weighted by atomic mass is 9.72. The molecule has 30 heavy (non-hydrogen) atoms. The Morgan fingerprint density at radius 1 is 1.13 bits per heavy atom. The average Bonchev–Trinajstić information content (AvgIpc) is 2.66. The maximum atomic E-state index is 12.9. The van der Waals surface area contributed by atoms with Gasteiger partial charge in [-0.3, -0.25) is 4.79 Å². The summed E-state index contributed by atoms with van der Waals surface area (Å²) in [6, 6.07) is 6.11. The Labute approximate surface area is 181 Å². The van der Waals surface area contributed by atoms with Crippen LogP contribution in [0.5, 0.6) is 0 Å². The molecule has 2 nitrogen and oxygen atoms in total. The normalized spacial score (nSPS) is 17.8. The Morgan fingerprint density at radius 2 is 1.83 bits per heavy atom. The number of nitrogens with one attached hydrogen (secondary N) is 1. The molecule has 0 bridgehead atoms. The average molecular weight is 408 g/mol. The first-order valence-corrected chi connectivity index (χ1v) is 10.6. The van der Waals surface area contributed by atoms with Gasteiger partial charge in [0.1, 0.15) is 5.82 Å². The van der Waals surface area contributed by atoms with E-state index in [1.165, 1.54) is 48.1 Å². The first-order chi connectivity index (χ1) is 14.2. The van der Waals surface area contributed by atoms with Gasteiger partial charge in [0, 0.05) is 12.6 Å². The van der Waals surface area contributed by atoms with Crippen molar-refractivity contribution in [1.29, 1.82) is 0 Å². The smallest absolute Gasteiger partial charge is 0.244 e.